The van der Waals surface area contributed by atoms with E-state index in [1.807, 2.05) is 6.92 Å². The van der Waals surface area contributed by atoms with Crippen LogP contribution < -0.4 is 0 Å². The number of carbonyl (C=O) groups is 4. The van der Waals surface area contributed by atoms with E-state index in [0.29, 0.717) is 25.7 Å². The number of carbonyl (C=O) groups excluding carboxylic acids is 4. The maximum absolute atomic E-state index is 14.7. The van der Waals surface area contributed by atoms with Crippen molar-refractivity contribution in [2.24, 2.45) is 44.3 Å². The van der Waals surface area contributed by atoms with Gasteiger partial charge in [0, 0.05) is 30.8 Å². The predicted octanol–water partition coefficient (Wildman–Crippen LogP) is 5.31. The first-order chi connectivity index (χ1) is 18.4. The van der Waals surface area contributed by atoms with E-state index in [-0.39, 0.29) is 34.7 Å². The monoisotopic (exact) mass is 546 g/mol. The van der Waals surface area contributed by atoms with E-state index >= 15 is 0 Å². The number of rotatable bonds is 1. The molecule has 0 radical (unpaired) electrons. The van der Waals surface area contributed by atoms with Crippen molar-refractivity contribution in [1.29, 1.82) is 0 Å². The molecule has 1 amide bonds. The molecular weight excluding hydrogens is 504 g/mol. The Labute approximate surface area is 237 Å². The van der Waals surface area contributed by atoms with Gasteiger partial charge in [0.1, 0.15) is 5.41 Å². The third kappa shape index (κ3) is 2.68. The highest BCUT2D eigenvalue weighted by Crippen LogP contribution is 2.78. The van der Waals surface area contributed by atoms with E-state index in [9.17, 15) is 19.2 Å². The van der Waals surface area contributed by atoms with Gasteiger partial charge in [0.15, 0.2) is 17.2 Å². The van der Waals surface area contributed by atoms with Crippen LogP contribution in [0.1, 0.15) is 86.5 Å². The molecule has 0 aromatic heterocycles. The van der Waals surface area contributed by atoms with Crippen LogP contribution in [0.2, 0.25) is 0 Å². The van der Waals surface area contributed by atoms with E-state index in [0.717, 1.165) is 24.8 Å². The molecule has 4 fully saturated rings. The Bertz CT molecular complexity index is 1400. The average molecular weight is 547 g/mol. The standard InChI is InChI=1S/C33H42N2O5/c1-27(2)12-14-32-15-13-30(5)29(4)11-10-20-28(3,17-19(34-7)24(37)31(20,6)25(38)35(8)9)21(29)16-23(36)33(30,22(32)18-27)40-26(32)39/h16-17,20,22H,10-15,18H2,1-6,8-9H3/t20-,22-,28+,29-,30+,31+,32+,33-/m1/s1. The summed E-state index contributed by atoms with van der Waals surface area (Å²) in [6.07, 6.45) is 8.58. The van der Waals surface area contributed by atoms with Crippen LogP contribution in [0.15, 0.2) is 23.4 Å². The number of Topliss-reactive ketones (excluding diaryl/α,β-unsaturated/α-hetero) is 1. The minimum absolute atomic E-state index is 0.00751. The second-order valence-corrected chi connectivity index (χ2v) is 15.5. The Morgan fingerprint density at radius 1 is 0.975 bits per heavy atom. The van der Waals surface area contributed by atoms with Crippen molar-refractivity contribution in [1.82, 2.24) is 4.90 Å². The van der Waals surface area contributed by atoms with Gasteiger partial charge in [-0.15, -0.1) is 0 Å². The summed E-state index contributed by atoms with van der Waals surface area (Å²) in [5.41, 5.74) is -4.43. The lowest BCUT2D eigenvalue weighted by Crippen LogP contribution is -2.72. The van der Waals surface area contributed by atoms with Crippen LogP contribution in [0.25, 0.3) is 4.85 Å². The number of hydrogen-bond acceptors (Lipinski definition) is 5. The van der Waals surface area contributed by atoms with Crippen molar-refractivity contribution < 1.29 is 23.9 Å². The summed E-state index contributed by atoms with van der Waals surface area (Å²) in [7, 11) is 3.28. The molecule has 1 spiro atoms. The molecule has 1 saturated heterocycles. The molecule has 0 aromatic carbocycles. The molecule has 40 heavy (non-hydrogen) atoms. The molecule has 6 rings (SSSR count). The number of amides is 1. The number of fused-ring (bicyclic) bond motifs is 4. The largest absolute Gasteiger partial charge is 0.449 e. The lowest BCUT2D eigenvalue weighted by molar-refractivity contribution is -0.207. The summed E-state index contributed by atoms with van der Waals surface area (Å²) in [4.78, 5) is 60.8. The maximum atomic E-state index is 14.7. The first-order valence-corrected chi connectivity index (χ1v) is 14.8. The lowest BCUT2D eigenvalue weighted by Gasteiger charge is -2.69. The molecule has 0 N–H and O–H groups in total. The molecule has 7 nitrogen and oxygen atoms in total. The van der Waals surface area contributed by atoms with Crippen molar-refractivity contribution in [2.45, 2.75) is 92.1 Å². The van der Waals surface area contributed by atoms with E-state index in [4.69, 9.17) is 11.3 Å². The fraction of sp³-hybridized carbons (Fsp3) is 0.727. The third-order valence-electron chi connectivity index (χ3n) is 13.2. The first-order valence-electron chi connectivity index (χ1n) is 14.8. The summed E-state index contributed by atoms with van der Waals surface area (Å²) in [5, 5.41) is 0. The van der Waals surface area contributed by atoms with Gasteiger partial charge in [-0.2, -0.15) is 0 Å². The summed E-state index contributed by atoms with van der Waals surface area (Å²) in [6.45, 7) is 20.4. The van der Waals surface area contributed by atoms with Gasteiger partial charge < -0.3 is 14.4 Å². The zero-order valence-electron chi connectivity index (χ0n) is 25.2. The number of hydrogen-bond donors (Lipinski definition) is 0. The van der Waals surface area contributed by atoms with Crippen molar-refractivity contribution in [3.8, 4) is 0 Å². The van der Waals surface area contributed by atoms with Crippen LogP contribution in [0.4, 0.5) is 0 Å². The topological polar surface area (TPSA) is 85.1 Å². The number of esters is 1. The van der Waals surface area contributed by atoms with Crippen LogP contribution in [0, 0.1) is 50.9 Å². The Morgan fingerprint density at radius 3 is 2.25 bits per heavy atom. The molecule has 0 unspecified atom stereocenters. The highest BCUT2D eigenvalue weighted by molar-refractivity contribution is 6.15. The smallest absolute Gasteiger partial charge is 0.313 e. The van der Waals surface area contributed by atoms with Gasteiger partial charge in [-0.05, 0) is 74.7 Å². The number of ether oxygens (including phenoxy) is 1. The molecule has 3 saturated carbocycles. The van der Waals surface area contributed by atoms with E-state index in [1.54, 1.807) is 33.2 Å². The minimum Gasteiger partial charge on any atom is -0.449 e. The summed E-state index contributed by atoms with van der Waals surface area (Å²) in [6, 6.07) is 0. The first kappa shape index (κ1) is 27.4. The second kappa shape index (κ2) is 7.55. The van der Waals surface area contributed by atoms with E-state index in [1.165, 1.54) is 4.90 Å². The fourth-order valence-corrected chi connectivity index (χ4v) is 10.8. The van der Waals surface area contributed by atoms with Crippen LogP contribution in [-0.4, -0.2) is 48.0 Å². The van der Waals surface area contributed by atoms with Crippen LogP contribution in [-0.2, 0) is 23.9 Å². The van der Waals surface area contributed by atoms with E-state index in [2.05, 4.69) is 32.5 Å². The van der Waals surface area contributed by atoms with Gasteiger partial charge in [0.2, 0.25) is 11.6 Å². The predicted molar refractivity (Wildman–Crippen MR) is 148 cm³/mol. The SMILES string of the molecule is [C-]#[N+]C1=C[C@]2(C)C3=CC(=O)[C@]45OC(=O)[C@@]6(CCC(C)(C)C[C@H]64)CC[C@@]5(C)[C@]3(C)CC[C@H]2[C@](C)(C(=O)N(C)C)C1=O. The van der Waals surface area contributed by atoms with Crippen molar-refractivity contribution in [3.63, 3.8) is 0 Å². The van der Waals surface area contributed by atoms with Crippen molar-refractivity contribution in [3.05, 3.63) is 34.8 Å². The van der Waals surface area contributed by atoms with Gasteiger partial charge in [0.05, 0.1) is 12.0 Å². The number of allylic oxidation sites excluding steroid dienone is 3. The Hall–Kier alpha value is -2.75. The van der Waals surface area contributed by atoms with Crippen LogP contribution >= 0.6 is 0 Å². The number of ketones is 2. The normalized spacial score (nSPS) is 48.3. The van der Waals surface area contributed by atoms with Gasteiger partial charge >= 0.3 is 5.97 Å². The molecule has 8 atom stereocenters. The molecule has 1 heterocycles. The van der Waals surface area contributed by atoms with E-state index < -0.39 is 44.4 Å². The van der Waals surface area contributed by atoms with Gasteiger partial charge in [-0.1, -0.05) is 46.3 Å². The number of nitrogens with zero attached hydrogens (tertiary/aromatic N) is 2. The Balaban J connectivity index is 1.59. The van der Waals surface area contributed by atoms with Crippen LogP contribution in [0.3, 0.4) is 0 Å². The lowest BCUT2D eigenvalue weighted by atomic mass is 9.33. The summed E-state index contributed by atoms with van der Waals surface area (Å²) < 4.78 is 6.46. The molecule has 1 aliphatic heterocycles. The summed E-state index contributed by atoms with van der Waals surface area (Å²) >= 11 is 0. The third-order valence-corrected chi connectivity index (χ3v) is 13.2. The molecular formula is C33H42N2O5. The minimum atomic E-state index is -1.41. The molecule has 7 heteroatoms. The maximum Gasteiger partial charge on any atom is 0.313 e. The second-order valence-electron chi connectivity index (χ2n) is 15.5. The zero-order chi connectivity index (χ0) is 29.5. The van der Waals surface area contributed by atoms with Crippen molar-refractivity contribution >= 4 is 23.4 Å². The Kier molecular flexibility index (Phi) is 5.17. The quantitative estimate of drug-likeness (QED) is 0.253. The average Bonchev–Trinajstić information content (AvgIpc) is 3.07. The van der Waals surface area contributed by atoms with Crippen molar-refractivity contribution in [2.75, 3.05) is 14.1 Å². The molecule has 5 aliphatic carbocycles. The highest BCUT2D eigenvalue weighted by Gasteiger charge is 2.82. The molecule has 0 aromatic rings. The zero-order valence-corrected chi connectivity index (χ0v) is 25.2. The molecule has 2 bridgehead atoms. The van der Waals surface area contributed by atoms with Gasteiger partial charge in [-0.3, -0.25) is 14.4 Å². The Morgan fingerprint density at radius 2 is 1.62 bits per heavy atom. The summed E-state index contributed by atoms with van der Waals surface area (Å²) in [5.74, 6) is -1.68. The highest BCUT2D eigenvalue weighted by atomic mass is 16.6. The van der Waals surface area contributed by atoms with Gasteiger partial charge in [0.25, 0.3) is 0 Å². The van der Waals surface area contributed by atoms with Crippen LogP contribution in [0.5, 0.6) is 0 Å². The fourth-order valence-electron chi connectivity index (χ4n) is 10.8. The molecule has 6 aliphatic rings. The molecule has 214 valence electrons. The van der Waals surface area contributed by atoms with Gasteiger partial charge in [-0.25, -0.2) is 4.85 Å².